The Kier molecular flexibility index (Phi) is 2.51. The quantitative estimate of drug-likeness (QED) is 0.771. The Morgan fingerprint density at radius 3 is 2.53 bits per heavy atom. The van der Waals surface area contributed by atoms with Gasteiger partial charge in [-0.2, -0.15) is 0 Å². The highest BCUT2D eigenvalue weighted by molar-refractivity contribution is 9.10. The first-order valence-corrected chi connectivity index (χ1v) is 5.64. The molecule has 0 N–H and O–H groups in total. The molecule has 0 bridgehead atoms. The maximum Gasteiger partial charge on any atom is 0.143 e. The number of nitrogens with zero attached hydrogens (tertiary/aromatic N) is 1. The van der Waals surface area contributed by atoms with Gasteiger partial charge in [0.05, 0.1) is 17.2 Å². The molecule has 0 fully saturated rings. The predicted octanol–water partition coefficient (Wildman–Crippen LogP) is 3.57. The summed E-state index contributed by atoms with van der Waals surface area (Å²) in [7, 11) is 3.75. The van der Waals surface area contributed by atoms with E-state index < -0.39 is 0 Å². The number of hydrogen-bond donors (Lipinski definition) is 0. The normalized spacial score (nSPS) is 11.0. The minimum Gasteiger partial charge on any atom is -0.495 e. The third kappa shape index (κ3) is 1.46. The van der Waals surface area contributed by atoms with Crippen molar-refractivity contribution in [3.63, 3.8) is 0 Å². The standard InChI is InChI=1S/C12H14BrNO/c1-7-5-9-8(2)12(13)14(3)11(9)10(6-7)15-4/h5-6H,1-4H3. The maximum absolute atomic E-state index is 5.42. The van der Waals surface area contributed by atoms with Crippen LogP contribution in [0.4, 0.5) is 0 Å². The van der Waals surface area contributed by atoms with Crippen molar-refractivity contribution in [2.75, 3.05) is 7.11 Å². The zero-order chi connectivity index (χ0) is 11.2. The van der Waals surface area contributed by atoms with E-state index in [1.165, 1.54) is 16.5 Å². The molecule has 0 saturated heterocycles. The van der Waals surface area contributed by atoms with Gasteiger partial charge in [-0.25, -0.2) is 0 Å². The van der Waals surface area contributed by atoms with Gasteiger partial charge in [-0.3, -0.25) is 0 Å². The van der Waals surface area contributed by atoms with Gasteiger partial charge in [0, 0.05) is 12.4 Å². The third-order valence-corrected chi connectivity index (χ3v) is 3.91. The van der Waals surface area contributed by atoms with Gasteiger partial charge in [-0.15, -0.1) is 0 Å². The number of halogens is 1. The van der Waals surface area contributed by atoms with Crippen LogP contribution < -0.4 is 4.74 Å². The van der Waals surface area contributed by atoms with Crippen molar-refractivity contribution in [1.82, 2.24) is 4.57 Å². The van der Waals surface area contributed by atoms with E-state index in [1.54, 1.807) is 7.11 Å². The average molecular weight is 268 g/mol. The van der Waals surface area contributed by atoms with E-state index in [9.17, 15) is 0 Å². The molecule has 0 spiro atoms. The van der Waals surface area contributed by atoms with Gasteiger partial charge in [-0.05, 0) is 53.0 Å². The van der Waals surface area contributed by atoms with E-state index in [4.69, 9.17) is 4.74 Å². The molecular weight excluding hydrogens is 254 g/mol. The van der Waals surface area contributed by atoms with Crippen molar-refractivity contribution in [3.05, 3.63) is 27.9 Å². The van der Waals surface area contributed by atoms with E-state index in [-0.39, 0.29) is 0 Å². The van der Waals surface area contributed by atoms with Gasteiger partial charge < -0.3 is 9.30 Å². The second-order valence-electron chi connectivity index (χ2n) is 3.84. The second-order valence-corrected chi connectivity index (χ2v) is 4.59. The zero-order valence-corrected chi connectivity index (χ0v) is 11.0. The molecule has 0 saturated carbocycles. The molecule has 1 aromatic carbocycles. The van der Waals surface area contributed by atoms with Crippen LogP contribution in [-0.2, 0) is 7.05 Å². The van der Waals surface area contributed by atoms with E-state index in [0.717, 1.165) is 15.9 Å². The fraction of sp³-hybridized carbons (Fsp3) is 0.333. The van der Waals surface area contributed by atoms with E-state index in [0.29, 0.717) is 0 Å². The van der Waals surface area contributed by atoms with Gasteiger partial charge in [0.15, 0.2) is 0 Å². The average Bonchev–Trinajstić information content (AvgIpc) is 2.43. The zero-order valence-electron chi connectivity index (χ0n) is 9.39. The number of rotatable bonds is 1. The summed E-state index contributed by atoms with van der Waals surface area (Å²) in [6.07, 6.45) is 0. The minimum atomic E-state index is 0.932. The highest BCUT2D eigenvalue weighted by atomic mass is 79.9. The van der Waals surface area contributed by atoms with Crippen LogP contribution in [0.1, 0.15) is 11.1 Å². The van der Waals surface area contributed by atoms with Gasteiger partial charge in [0.2, 0.25) is 0 Å². The lowest BCUT2D eigenvalue weighted by molar-refractivity contribution is 0.417. The predicted molar refractivity (Wildman–Crippen MR) is 66.6 cm³/mol. The van der Waals surface area contributed by atoms with Crippen molar-refractivity contribution in [2.45, 2.75) is 13.8 Å². The van der Waals surface area contributed by atoms with Gasteiger partial charge >= 0.3 is 0 Å². The molecule has 0 unspecified atom stereocenters. The largest absolute Gasteiger partial charge is 0.495 e. The van der Waals surface area contributed by atoms with Crippen LogP contribution in [0.2, 0.25) is 0 Å². The smallest absolute Gasteiger partial charge is 0.143 e. The highest BCUT2D eigenvalue weighted by Gasteiger charge is 2.13. The first kappa shape index (κ1) is 10.6. The van der Waals surface area contributed by atoms with Crippen LogP contribution in [0.15, 0.2) is 16.7 Å². The van der Waals surface area contributed by atoms with E-state index in [1.807, 2.05) is 7.05 Å². The molecule has 80 valence electrons. The number of aryl methyl sites for hydroxylation is 3. The molecule has 2 nitrogen and oxygen atoms in total. The van der Waals surface area contributed by atoms with Crippen LogP contribution in [0.3, 0.4) is 0 Å². The molecule has 0 amide bonds. The van der Waals surface area contributed by atoms with Crippen molar-refractivity contribution in [2.24, 2.45) is 7.05 Å². The monoisotopic (exact) mass is 267 g/mol. The molecule has 2 aromatic rings. The number of aromatic nitrogens is 1. The summed E-state index contributed by atoms with van der Waals surface area (Å²) in [6.45, 7) is 4.20. The summed E-state index contributed by atoms with van der Waals surface area (Å²) >= 11 is 3.59. The lowest BCUT2D eigenvalue weighted by Crippen LogP contribution is -1.92. The summed E-state index contributed by atoms with van der Waals surface area (Å²) in [4.78, 5) is 0. The van der Waals surface area contributed by atoms with Crippen LogP contribution in [-0.4, -0.2) is 11.7 Å². The van der Waals surface area contributed by atoms with Crippen LogP contribution >= 0.6 is 15.9 Å². The molecule has 3 heteroatoms. The number of fused-ring (bicyclic) bond motifs is 1. The molecule has 0 radical (unpaired) electrons. The van der Waals surface area contributed by atoms with Gasteiger partial charge in [0.25, 0.3) is 0 Å². The second kappa shape index (κ2) is 3.56. The van der Waals surface area contributed by atoms with Gasteiger partial charge in [0.1, 0.15) is 5.75 Å². The molecule has 15 heavy (non-hydrogen) atoms. The number of ether oxygens (including phenoxy) is 1. The Morgan fingerprint density at radius 2 is 1.93 bits per heavy atom. The molecule has 0 aliphatic carbocycles. The Morgan fingerprint density at radius 1 is 1.27 bits per heavy atom. The maximum atomic E-state index is 5.42. The summed E-state index contributed by atoms with van der Waals surface area (Å²) in [5, 5.41) is 1.25. The Bertz CT molecular complexity index is 528. The summed E-state index contributed by atoms with van der Waals surface area (Å²) in [5.41, 5.74) is 3.63. The molecule has 0 aliphatic heterocycles. The van der Waals surface area contributed by atoms with Crippen LogP contribution in [0.5, 0.6) is 5.75 Å². The van der Waals surface area contributed by atoms with Crippen molar-refractivity contribution < 1.29 is 4.74 Å². The van der Waals surface area contributed by atoms with Crippen molar-refractivity contribution >= 4 is 26.8 Å². The number of hydrogen-bond acceptors (Lipinski definition) is 1. The van der Waals surface area contributed by atoms with Crippen molar-refractivity contribution in [3.8, 4) is 5.75 Å². The lowest BCUT2D eigenvalue weighted by Gasteiger charge is -2.06. The van der Waals surface area contributed by atoms with E-state index in [2.05, 4.69) is 46.5 Å². The van der Waals surface area contributed by atoms with Crippen LogP contribution in [0.25, 0.3) is 10.9 Å². The van der Waals surface area contributed by atoms with E-state index >= 15 is 0 Å². The Labute approximate surface area is 98.0 Å². The SMILES string of the molecule is COc1cc(C)cc2c(C)c(Br)n(C)c12. The van der Waals surface area contributed by atoms with Gasteiger partial charge in [-0.1, -0.05) is 0 Å². The molecule has 2 rings (SSSR count). The molecule has 0 atom stereocenters. The molecule has 1 heterocycles. The van der Waals surface area contributed by atoms with Crippen LogP contribution in [0, 0.1) is 13.8 Å². The summed E-state index contributed by atoms with van der Waals surface area (Å²) in [5.74, 6) is 0.932. The first-order valence-electron chi connectivity index (χ1n) is 4.85. The Hall–Kier alpha value is -0.960. The fourth-order valence-electron chi connectivity index (χ4n) is 1.99. The topological polar surface area (TPSA) is 14.2 Å². The molecular formula is C12H14BrNO. The summed E-state index contributed by atoms with van der Waals surface area (Å²) in [6, 6.07) is 4.26. The minimum absolute atomic E-state index is 0.932. The molecule has 0 aliphatic rings. The fourth-order valence-corrected chi connectivity index (χ4v) is 2.38. The Balaban J connectivity index is 2.96. The highest BCUT2D eigenvalue weighted by Crippen LogP contribution is 2.35. The first-order chi connectivity index (χ1) is 7.06. The molecule has 1 aromatic heterocycles. The number of methoxy groups -OCH3 is 1. The number of benzene rings is 1. The third-order valence-electron chi connectivity index (χ3n) is 2.78. The lowest BCUT2D eigenvalue weighted by atomic mass is 10.1. The van der Waals surface area contributed by atoms with Crippen molar-refractivity contribution in [1.29, 1.82) is 0 Å². The summed E-state index contributed by atoms with van der Waals surface area (Å²) < 4.78 is 8.64.